The lowest BCUT2D eigenvalue weighted by atomic mass is 9.69. The normalized spacial score (nSPS) is 26.3. The molecule has 2 N–H and O–H groups in total. The van der Waals surface area contributed by atoms with E-state index in [1.54, 1.807) is 12.3 Å². The van der Waals surface area contributed by atoms with E-state index < -0.39 is 0 Å². The van der Waals surface area contributed by atoms with Crippen LogP contribution in [0.3, 0.4) is 0 Å². The van der Waals surface area contributed by atoms with Gasteiger partial charge in [-0.3, -0.25) is 4.79 Å². The maximum absolute atomic E-state index is 13.2. The lowest BCUT2D eigenvalue weighted by molar-refractivity contribution is 0.0893. The van der Waals surface area contributed by atoms with Gasteiger partial charge in [-0.25, -0.2) is 9.97 Å². The van der Waals surface area contributed by atoms with Crippen molar-refractivity contribution in [1.82, 2.24) is 20.3 Å². The minimum atomic E-state index is -0.223. The summed E-state index contributed by atoms with van der Waals surface area (Å²) in [4.78, 5) is 25.3. The highest BCUT2D eigenvalue weighted by atomic mass is 35.5. The van der Waals surface area contributed by atoms with E-state index >= 15 is 0 Å². The quantitative estimate of drug-likeness (QED) is 0.634. The Bertz CT molecular complexity index is 1220. The maximum Gasteiger partial charge on any atom is 0.253 e. The van der Waals surface area contributed by atoms with Gasteiger partial charge < -0.3 is 10.3 Å². The van der Waals surface area contributed by atoms with Crippen LogP contribution in [0.25, 0.3) is 22.6 Å². The number of imidazole rings is 1. The van der Waals surface area contributed by atoms with Gasteiger partial charge in [0.1, 0.15) is 5.82 Å². The van der Waals surface area contributed by atoms with Crippen LogP contribution in [0.4, 0.5) is 0 Å². The Morgan fingerprint density at radius 2 is 2.14 bits per heavy atom. The number of aromatic amines is 1. The van der Waals surface area contributed by atoms with E-state index in [0.717, 1.165) is 12.0 Å². The molecular weight excluding hydrogens is 384 g/mol. The van der Waals surface area contributed by atoms with Gasteiger partial charge in [-0.2, -0.15) is 0 Å². The summed E-state index contributed by atoms with van der Waals surface area (Å²) in [5, 5.41) is 3.86. The van der Waals surface area contributed by atoms with Crippen LogP contribution in [0.2, 0.25) is 5.02 Å². The zero-order valence-corrected chi connectivity index (χ0v) is 17.3. The Morgan fingerprint density at radius 3 is 2.83 bits per heavy atom. The number of benzene rings is 1. The number of H-pyrrole nitrogens is 1. The number of hydrogen-bond acceptors (Lipinski definition) is 3. The summed E-state index contributed by atoms with van der Waals surface area (Å²) in [5.74, 6) is 7.56. The average Bonchev–Trinajstić information content (AvgIpc) is 3.27. The minimum absolute atomic E-state index is 0.0230. The molecule has 2 aromatic heterocycles. The molecule has 0 radical (unpaired) electrons. The first kappa shape index (κ1) is 18.2. The fraction of sp³-hybridized carbons (Fsp3) is 0.348. The number of nitrogens with one attached hydrogen (secondary N) is 2. The highest BCUT2D eigenvalue weighted by Gasteiger charge is 2.59. The minimum Gasteiger partial charge on any atom is -0.348 e. The second-order valence-corrected chi connectivity index (χ2v) is 9.10. The van der Waals surface area contributed by atoms with Crippen molar-refractivity contribution in [1.29, 1.82) is 0 Å². The molecule has 0 aliphatic heterocycles. The molecule has 29 heavy (non-hydrogen) atoms. The Labute approximate surface area is 174 Å². The first-order chi connectivity index (χ1) is 13.8. The molecule has 6 heteroatoms. The van der Waals surface area contributed by atoms with Crippen LogP contribution in [0, 0.1) is 28.6 Å². The summed E-state index contributed by atoms with van der Waals surface area (Å²) < 4.78 is 0. The zero-order chi connectivity index (χ0) is 20.4. The number of carbonyl (C=O) groups is 1. The Morgan fingerprint density at radius 1 is 1.31 bits per heavy atom. The van der Waals surface area contributed by atoms with Gasteiger partial charge in [0, 0.05) is 28.7 Å². The second kappa shape index (κ2) is 6.08. The SMILES string of the molecule is CC1(C)C2C#CC1(C)C(NC(=O)c1ccnc3nc(-c4cccc(Cl)c4)[nH]c13)C2. The van der Waals surface area contributed by atoms with Crippen molar-refractivity contribution in [2.45, 2.75) is 33.2 Å². The third-order valence-electron chi connectivity index (χ3n) is 6.92. The fourth-order valence-electron chi connectivity index (χ4n) is 4.61. The predicted octanol–water partition coefficient (Wildman–Crippen LogP) is 4.45. The molecule has 1 saturated carbocycles. The maximum atomic E-state index is 13.2. The van der Waals surface area contributed by atoms with E-state index in [0.29, 0.717) is 33.5 Å². The van der Waals surface area contributed by atoms with Crippen LogP contribution in [-0.2, 0) is 0 Å². The van der Waals surface area contributed by atoms with Crippen molar-refractivity contribution in [2.75, 3.05) is 0 Å². The summed E-state index contributed by atoms with van der Waals surface area (Å²) in [5.41, 5.74) is 2.32. The molecule has 5 nitrogen and oxygen atoms in total. The number of carbonyl (C=O) groups excluding carboxylic acids is 1. The highest BCUT2D eigenvalue weighted by molar-refractivity contribution is 6.30. The number of nitrogens with zero attached hydrogens (tertiary/aromatic N) is 2. The molecule has 1 aromatic carbocycles. The number of amides is 1. The van der Waals surface area contributed by atoms with E-state index in [9.17, 15) is 4.79 Å². The van der Waals surface area contributed by atoms with E-state index in [4.69, 9.17) is 11.6 Å². The molecule has 146 valence electrons. The fourth-order valence-corrected chi connectivity index (χ4v) is 4.80. The van der Waals surface area contributed by atoms with Crippen LogP contribution in [0.15, 0.2) is 36.5 Å². The number of fused-ring (bicyclic) bond motifs is 3. The average molecular weight is 405 g/mol. The molecule has 1 fully saturated rings. The third kappa shape index (κ3) is 2.59. The van der Waals surface area contributed by atoms with Gasteiger partial charge >= 0.3 is 0 Å². The summed E-state index contributed by atoms with van der Waals surface area (Å²) in [6.07, 6.45) is 2.50. The molecule has 0 saturated heterocycles. The molecule has 1 amide bonds. The molecule has 3 unspecified atom stereocenters. The van der Waals surface area contributed by atoms with Gasteiger partial charge in [0.15, 0.2) is 5.65 Å². The van der Waals surface area contributed by atoms with E-state index in [2.05, 4.69) is 52.9 Å². The van der Waals surface area contributed by atoms with E-state index in [1.807, 2.05) is 24.3 Å². The standard InChI is InChI=1S/C23H21ClN4O/c1-22(2)14-7-9-23(22,3)17(12-14)26-21(29)16-8-10-25-20-18(16)27-19(28-20)13-5-4-6-15(24)11-13/h4-6,8,10-11,14,17H,12H2,1-3H3,(H,26,29)(H,25,27,28). The van der Waals surface area contributed by atoms with Gasteiger partial charge in [0.05, 0.1) is 16.5 Å². The predicted molar refractivity (Wildman–Crippen MR) is 113 cm³/mol. The van der Waals surface area contributed by atoms with Crippen LogP contribution in [0.5, 0.6) is 0 Å². The topological polar surface area (TPSA) is 70.7 Å². The van der Waals surface area contributed by atoms with Crippen LogP contribution < -0.4 is 5.32 Å². The third-order valence-corrected chi connectivity index (χ3v) is 7.16. The van der Waals surface area contributed by atoms with Crippen molar-refractivity contribution in [2.24, 2.45) is 16.7 Å². The molecule has 5 rings (SSSR count). The highest BCUT2D eigenvalue weighted by Crippen LogP contribution is 2.58. The molecule has 3 aromatic rings. The number of aromatic nitrogens is 3. The van der Waals surface area contributed by atoms with Gasteiger partial charge in [0.25, 0.3) is 5.91 Å². The Hall–Kier alpha value is -2.84. The molecular formula is C23H21ClN4O. The number of pyridine rings is 1. The van der Waals surface area contributed by atoms with Crippen molar-refractivity contribution < 1.29 is 4.79 Å². The zero-order valence-electron chi connectivity index (χ0n) is 16.5. The van der Waals surface area contributed by atoms with Crippen molar-refractivity contribution in [3.05, 3.63) is 47.1 Å². The summed E-state index contributed by atoms with van der Waals surface area (Å²) >= 11 is 6.10. The van der Waals surface area contributed by atoms with E-state index in [1.165, 1.54) is 0 Å². The lowest BCUT2D eigenvalue weighted by Crippen LogP contribution is -2.46. The summed E-state index contributed by atoms with van der Waals surface area (Å²) in [6, 6.07) is 9.17. The molecule has 2 aliphatic carbocycles. The van der Waals surface area contributed by atoms with Crippen molar-refractivity contribution in [3.63, 3.8) is 0 Å². The van der Waals surface area contributed by atoms with E-state index in [-0.39, 0.29) is 22.8 Å². The van der Waals surface area contributed by atoms with Gasteiger partial charge in [0.2, 0.25) is 0 Å². The lowest BCUT2D eigenvalue weighted by Gasteiger charge is -2.36. The number of halogens is 1. The number of rotatable bonds is 3. The van der Waals surface area contributed by atoms with Crippen LogP contribution in [-0.4, -0.2) is 26.9 Å². The molecule has 2 aliphatic rings. The summed E-state index contributed by atoms with van der Waals surface area (Å²) in [7, 11) is 0. The molecule has 2 bridgehead atoms. The monoisotopic (exact) mass is 404 g/mol. The second-order valence-electron chi connectivity index (χ2n) is 8.66. The Kier molecular flexibility index (Phi) is 3.81. The van der Waals surface area contributed by atoms with Gasteiger partial charge in [-0.05, 0) is 37.0 Å². The summed E-state index contributed by atoms with van der Waals surface area (Å²) in [6.45, 7) is 6.62. The molecule has 2 heterocycles. The van der Waals surface area contributed by atoms with Crippen LogP contribution >= 0.6 is 11.6 Å². The first-order valence-corrected chi connectivity index (χ1v) is 10.1. The molecule has 3 atom stereocenters. The van der Waals surface area contributed by atoms with Gasteiger partial charge in [-0.15, -0.1) is 0 Å². The Balaban J connectivity index is 1.48. The van der Waals surface area contributed by atoms with Crippen LogP contribution in [0.1, 0.15) is 37.6 Å². The smallest absolute Gasteiger partial charge is 0.253 e. The number of hydrogen-bond donors (Lipinski definition) is 2. The van der Waals surface area contributed by atoms with Gasteiger partial charge in [-0.1, -0.05) is 49.4 Å². The first-order valence-electron chi connectivity index (χ1n) is 9.74. The largest absolute Gasteiger partial charge is 0.348 e. The van der Waals surface area contributed by atoms with Crippen molar-refractivity contribution in [3.8, 4) is 23.2 Å². The van der Waals surface area contributed by atoms with Crippen molar-refractivity contribution >= 4 is 28.7 Å². The molecule has 0 spiro atoms.